The molecule has 1 fully saturated rings. The average molecular weight is 1800 g/mol. The molecule has 3 heterocycles. The van der Waals surface area contributed by atoms with Gasteiger partial charge in [0.05, 0.1) is 37.1 Å². The predicted molar refractivity (Wildman–Crippen MR) is 469 cm³/mol. The van der Waals surface area contributed by atoms with E-state index >= 15 is 28.8 Å². The lowest BCUT2D eigenvalue weighted by Gasteiger charge is -2.32. The Morgan fingerprint density at radius 3 is 1.29 bits per heavy atom. The van der Waals surface area contributed by atoms with E-state index in [1.807, 2.05) is 0 Å². The molecule has 0 saturated carbocycles. The molecule has 2 aromatic heterocycles. The minimum absolute atomic E-state index is 0.000997. The molecule has 24 N–H and O–H groups in total. The number of aliphatic hydroxyl groups excluding tert-OH is 1. The Balaban J connectivity index is 1.24. The molecule has 129 heavy (non-hydrogen) atoms. The molecule has 6 rings (SSSR count). The number of aliphatic carboxylic acids is 2. The average Bonchev–Trinajstić information content (AvgIpc) is 1.65. The van der Waals surface area contributed by atoms with Gasteiger partial charge in [0.15, 0.2) is 5.96 Å². The number of amides is 14. The zero-order chi connectivity index (χ0) is 95.5. The van der Waals surface area contributed by atoms with E-state index in [1.54, 1.807) is 99.6 Å². The summed E-state index contributed by atoms with van der Waals surface area (Å²) in [5.41, 5.74) is 13.0. The van der Waals surface area contributed by atoms with Crippen molar-refractivity contribution in [3.63, 3.8) is 0 Å². The highest BCUT2D eigenvalue weighted by atomic mass is 16.4. The number of carboxylic acid groups (broad SMARTS) is 2. The van der Waals surface area contributed by atoms with Gasteiger partial charge in [-0.3, -0.25) is 76.9 Å². The number of H-pyrrole nitrogens is 2. The molecule has 0 radical (unpaired) electrons. The van der Waals surface area contributed by atoms with Crippen LogP contribution in [0.15, 0.2) is 109 Å². The number of aromatic nitrogens is 4. The van der Waals surface area contributed by atoms with E-state index in [-0.39, 0.29) is 131 Å². The molecule has 0 unspecified atom stereocenters. The summed E-state index contributed by atoms with van der Waals surface area (Å²) in [4.78, 5) is 246. The minimum Gasteiger partial charge on any atom is -0.508 e. The van der Waals surface area contributed by atoms with Gasteiger partial charge >= 0.3 is 11.9 Å². The van der Waals surface area contributed by atoms with Crippen LogP contribution in [0.2, 0.25) is 0 Å². The van der Waals surface area contributed by atoms with Gasteiger partial charge in [0.2, 0.25) is 82.7 Å². The van der Waals surface area contributed by atoms with E-state index in [4.69, 9.17) is 11.5 Å². The van der Waals surface area contributed by atoms with Gasteiger partial charge in [-0.25, -0.2) is 14.8 Å². The SMILES string of the molecule is CC[C@H](C)[C@H](NC(=O)[C@H](Cc1ccc(O)cc1)NC(=O)[C@@H](NC(=O)[C@H](CCCN=C(N)N)NC(=O)[C@H](CC(=O)O)NC(C)=O)C(C)C)C(=O)N[C@@H](Cc1c[nH]cn1)C(=O)N1CCC[C@H]1C(=O)N[C@@H](Cc1ccccc1)C(=O)N[C@@H](Cc1c[nH]cn1)C(=O)N[C@@H](CC(C)C)C(=O)N[C@@H](CC(C)C)C(=O)N[C@H](C(=O)N[C@@H](Cc1ccc(O)cc1)C(=O)N[C@@H](CO)C(=O)O)C(C)C. The first kappa shape index (κ1) is 104. The van der Waals surface area contributed by atoms with Crippen LogP contribution in [0.5, 0.6) is 11.5 Å². The van der Waals surface area contributed by atoms with Crippen molar-refractivity contribution in [2.45, 2.75) is 244 Å². The summed E-state index contributed by atoms with van der Waals surface area (Å²) in [6.45, 7) is 16.9. The Kier molecular flexibility index (Phi) is 41.4. The van der Waals surface area contributed by atoms with Crippen molar-refractivity contribution >= 4 is 101 Å². The lowest BCUT2D eigenvalue weighted by atomic mass is 9.96. The van der Waals surface area contributed by atoms with Gasteiger partial charge in [0.1, 0.15) is 96.1 Å². The normalized spacial score (nSPS) is 15.7. The molecular formula is C87H125N21O21. The number of guanidine groups is 1. The number of hydrogen-bond donors (Lipinski definition) is 22. The molecule has 0 aliphatic carbocycles. The van der Waals surface area contributed by atoms with Crippen LogP contribution in [-0.2, 0) is 109 Å². The number of phenols is 2. The fourth-order valence-corrected chi connectivity index (χ4v) is 14.3. The maximum absolute atomic E-state index is 15.4. The lowest BCUT2D eigenvalue weighted by Crippen LogP contribution is -2.62. The zero-order valence-electron chi connectivity index (χ0n) is 74.3. The number of aromatic hydroxyl groups is 2. The molecule has 15 atom stereocenters. The number of hydrogen-bond acceptors (Lipinski definition) is 22. The van der Waals surface area contributed by atoms with Crippen molar-refractivity contribution in [3.8, 4) is 11.5 Å². The molecule has 3 aromatic carbocycles. The van der Waals surface area contributed by atoms with Crippen LogP contribution >= 0.6 is 0 Å². The van der Waals surface area contributed by atoms with E-state index in [2.05, 4.69) is 94.0 Å². The zero-order valence-corrected chi connectivity index (χ0v) is 74.3. The Hall–Kier alpha value is -13.6. The number of carboxylic acids is 2. The second kappa shape index (κ2) is 51.3. The number of nitrogens with one attached hydrogen (secondary N) is 15. The molecule has 1 saturated heterocycles. The van der Waals surface area contributed by atoms with Crippen molar-refractivity contribution < 1.29 is 102 Å². The van der Waals surface area contributed by atoms with Gasteiger partial charge in [-0.2, -0.15) is 0 Å². The van der Waals surface area contributed by atoms with Crippen LogP contribution in [0.25, 0.3) is 0 Å². The van der Waals surface area contributed by atoms with Gasteiger partial charge in [0, 0.05) is 64.5 Å². The van der Waals surface area contributed by atoms with Gasteiger partial charge in [-0.1, -0.05) is 130 Å². The third-order valence-corrected chi connectivity index (χ3v) is 21.4. The molecule has 1 aliphatic heterocycles. The summed E-state index contributed by atoms with van der Waals surface area (Å²) in [6, 6.07) is -0.928. The van der Waals surface area contributed by atoms with Crippen molar-refractivity contribution in [1.82, 2.24) is 94.0 Å². The van der Waals surface area contributed by atoms with Crippen molar-refractivity contribution in [2.24, 2.45) is 46.0 Å². The first-order valence-electron chi connectivity index (χ1n) is 42.9. The number of nitrogens with zero attached hydrogens (tertiary/aromatic N) is 4. The van der Waals surface area contributed by atoms with Gasteiger partial charge in [-0.15, -0.1) is 0 Å². The fourth-order valence-electron chi connectivity index (χ4n) is 14.3. The third kappa shape index (κ3) is 34.3. The highest BCUT2D eigenvalue weighted by Gasteiger charge is 2.43. The summed E-state index contributed by atoms with van der Waals surface area (Å²) in [5, 5.41) is 83.3. The number of imidazole rings is 2. The number of carbonyl (C=O) groups excluding carboxylic acids is 14. The van der Waals surface area contributed by atoms with E-state index in [0.29, 0.717) is 16.7 Å². The quantitative estimate of drug-likeness (QED) is 0.0119. The Bertz CT molecular complexity index is 4610. The van der Waals surface area contributed by atoms with Crippen molar-refractivity contribution in [3.05, 3.63) is 132 Å². The topological polar surface area (TPSA) is 656 Å². The lowest BCUT2D eigenvalue weighted by molar-refractivity contribution is -0.143. The minimum atomic E-state index is -1.74. The number of likely N-dealkylation sites (tertiary alicyclic amines) is 1. The van der Waals surface area contributed by atoms with Gasteiger partial charge < -0.3 is 121 Å². The molecule has 42 nitrogen and oxygen atoms in total. The van der Waals surface area contributed by atoms with Crippen LogP contribution in [0, 0.1) is 29.6 Å². The summed E-state index contributed by atoms with van der Waals surface area (Å²) < 4.78 is 0. The van der Waals surface area contributed by atoms with E-state index in [1.165, 1.54) is 78.5 Å². The summed E-state index contributed by atoms with van der Waals surface area (Å²) in [6.07, 6.45) is 4.00. The summed E-state index contributed by atoms with van der Waals surface area (Å²) >= 11 is 0. The summed E-state index contributed by atoms with van der Waals surface area (Å²) in [5.74, 6) is -18.5. The highest BCUT2D eigenvalue weighted by molar-refractivity contribution is 6.01. The largest absolute Gasteiger partial charge is 0.508 e. The number of carbonyl (C=O) groups is 16. The summed E-state index contributed by atoms with van der Waals surface area (Å²) in [7, 11) is 0. The van der Waals surface area contributed by atoms with Crippen LogP contribution in [-0.4, -0.2) is 255 Å². The first-order valence-corrected chi connectivity index (χ1v) is 42.9. The number of aliphatic hydroxyl groups is 1. The Morgan fingerprint density at radius 2 is 0.853 bits per heavy atom. The molecular weight excluding hydrogens is 1680 g/mol. The van der Waals surface area contributed by atoms with Gasteiger partial charge in [0.25, 0.3) is 0 Å². The van der Waals surface area contributed by atoms with Crippen LogP contribution in [0.1, 0.15) is 156 Å². The number of aromatic amines is 2. The highest BCUT2D eigenvalue weighted by Crippen LogP contribution is 2.24. The maximum Gasteiger partial charge on any atom is 0.328 e. The first-order chi connectivity index (χ1) is 61.0. The number of benzene rings is 3. The van der Waals surface area contributed by atoms with E-state index in [9.17, 15) is 73.5 Å². The van der Waals surface area contributed by atoms with Crippen molar-refractivity contribution in [1.29, 1.82) is 0 Å². The molecule has 0 bridgehead atoms. The van der Waals surface area contributed by atoms with Crippen LogP contribution in [0.3, 0.4) is 0 Å². The number of rotatable bonds is 52. The maximum atomic E-state index is 15.4. The standard InChI is InChI=1S/C87H125N21O21/c1-12-49(10)72(107-80(122)63(36-53-24-28-57(112)29-25-53)102-82(124)70(47(6)7)105-73(115)58(20-16-30-92-87(88)89)96-78(120)65(39-69(113)114)95-50(11)110)84(126)103-66(38-55-41-91-44-94-55)85(127)108-31-17-21-68(108)81(123)100-61(34-51-18-14-13-15-19-51)75(117)99-64(37-54-40-90-43-93-54)77(119)97-59(32-45(2)3)74(116)98-60(33-46(4)5)79(121)106-71(48(8)9)83(125)101-62(35-52-22-26-56(111)27-23-52)76(118)104-67(42-109)86(128)129/h13-15,18-19,22-29,40-41,43-49,58-68,70-72,109,111-112H,12,16-17,20-21,30-39,42H2,1-11H3,(H,90,93)(H,91,94)(H,95,110)(H,96,120)(H,97,119)(H,98,116)(H,99,117)(H,100,123)(H,101,125)(H,102,124)(H,103,126)(H,104,118)(H,105,115)(H,106,121)(H,107,122)(H,113,114)(H,128,129)(H4,88,89,92)/t49-,58-,59-,60-,61-,62-,63-,64-,65-,66-,67-,68-,70-,71-,72-/m0/s1. The molecule has 5 aromatic rings. The van der Waals surface area contributed by atoms with E-state index < -0.39 is 210 Å². The van der Waals surface area contributed by atoms with Crippen LogP contribution < -0.4 is 80.6 Å². The second-order valence-electron chi connectivity index (χ2n) is 33.6. The molecule has 1 aliphatic rings. The van der Waals surface area contributed by atoms with Gasteiger partial charge in [-0.05, 0) is 109 Å². The monoisotopic (exact) mass is 1800 g/mol. The second-order valence-corrected chi connectivity index (χ2v) is 33.6. The molecule has 42 heteroatoms. The number of phenolic OH excluding ortho intramolecular Hbond substituents is 2. The van der Waals surface area contributed by atoms with Crippen molar-refractivity contribution in [2.75, 3.05) is 19.7 Å². The molecule has 14 amide bonds. The number of aliphatic imine (C=N–C) groups is 1. The fraction of sp³-hybridized carbons (Fsp3) is 0.529. The Morgan fingerprint density at radius 1 is 0.465 bits per heavy atom. The van der Waals surface area contributed by atoms with Crippen LogP contribution in [0.4, 0.5) is 0 Å². The molecule has 704 valence electrons. The molecule has 0 spiro atoms. The number of nitrogens with two attached hydrogens (primary N) is 2. The predicted octanol–water partition coefficient (Wildman–Crippen LogP) is -1.57. The Labute approximate surface area is 747 Å². The smallest absolute Gasteiger partial charge is 0.328 e. The third-order valence-electron chi connectivity index (χ3n) is 21.4. The van der Waals surface area contributed by atoms with E-state index in [0.717, 1.165) is 6.92 Å².